The van der Waals surface area contributed by atoms with Crippen molar-refractivity contribution in [2.24, 2.45) is 10.8 Å². The van der Waals surface area contributed by atoms with Crippen LogP contribution in [0.2, 0.25) is 0 Å². The summed E-state index contributed by atoms with van der Waals surface area (Å²) in [4.78, 5) is 9.23. The van der Waals surface area contributed by atoms with E-state index in [1.165, 1.54) is 0 Å². The number of rotatable bonds is 1. The molecule has 2 aliphatic heterocycles. The van der Waals surface area contributed by atoms with Crippen molar-refractivity contribution in [3.05, 3.63) is 23.9 Å². The lowest BCUT2D eigenvalue weighted by Gasteiger charge is -2.30. The van der Waals surface area contributed by atoms with Gasteiger partial charge >= 0.3 is 0 Å². The molecule has 0 radical (unpaired) electrons. The average molecular weight is 256 g/mol. The van der Waals surface area contributed by atoms with E-state index in [0.29, 0.717) is 16.4 Å². The molecule has 0 bridgehead atoms. The molecule has 1 aromatic heterocycles. The van der Waals surface area contributed by atoms with Gasteiger partial charge in [-0.25, -0.2) is 4.98 Å². The van der Waals surface area contributed by atoms with E-state index in [4.69, 9.17) is 5.26 Å². The zero-order valence-corrected chi connectivity index (χ0v) is 11.8. The van der Waals surface area contributed by atoms with Crippen molar-refractivity contribution in [1.82, 2.24) is 9.88 Å². The zero-order chi connectivity index (χ0) is 13.7. The van der Waals surface area contributed by atoms with E-state index in [9.17, 15) is 0 Å². The number of aromatic nitrogens is 1. The minimum Gasteiger partial charge on any atom is -0.355 e. The largest absolute Gasteiger partial charge is 0.355 e. The molecule has 4 nitrogen and oxygen atoms in total. The lowest BCUT2D eigenvalue weighted by molar-refractivity contribution is 0.212. The Labute approximate surface area is 114 Å². The van der Waals surface area contributed by atoms with Crippen LogP contribution in [0.3, 0.4) is 0 Å². The normalized spacial score (nSPS) is 34.3. The molecule has 1 aromatic rings. The lowest BCUT2D eigenvalue weighted by Crippen LogP contribution is -2.34. The molecule has 0 saturated carbocycles. The van der Waals surface area contributed by atoms with Gasteiger partial charge in [0.2, 0.25) is 0 Å². The molecule has 2 saturated heterocycles. The summed E-state index contributed by atoms with van der Waals surface area (Å²) in [5.74, 6) is 0.999. The summed E-state index contributed by atoms with van der Waals surface area (Å²) in [5.41, 5.74) is 1.29. The third kappa shape index (κ3) is 1.81. The zero-order valence-electron chi connectivity index (χ0n) is 11.8. The minimum absolute atomic E-state index is 0.331. The van der Waals surface area contributed by atoms with E-state index in [1.54, 1.807) is 6.20 Å². The van der Waals surface area contributed by atoms with Crippen LogP contribution in [-0.2, 0) is 0 Å². The fourth-order valence-electron chi connectivity index (χ4n) is 3.81. The van der Waals surface area contributed by atoms with Gasteiger partial charge in [-0.05, 0) is 19.2 Å². The number of likely N-dealkylation sites (tertiary alicyclic amines) is 1. The van der Waals surface area contributed by atoms with E-state index < -0.39 is 0 Å². The molecule has 3 heterocycles. The molecular formula is C15H20N4. The molecule has 3 rings (SSSR count). The molecule has 2 atom stereocenters. The molecule has 0 spiro atoms. The quantitative estimate of drug-likeness (QED) is 0.767. The van der Waals surface area contributed by atoms with E-state index in [0.717, 1.165) is 32.0 Å². The Hall–Kier alpha value is -1.60. The minimum atomic E-state index is 0.331. The Kier molecular flexibility index (Phi) is 2.58. The van der Waals surface area contributed by atoms with E-state index in [1.807, 2.05) is 12.1 Å². The number of pyridine rings is 1. The highest BCUT2D eigenvalue weighted by Crippen LogP contribution is 2.51. The monoisotopic (exact) mass is 256 g/mol. The maximum absolute atomic E-state index is 8.83. The fourth-order valence-corrected chi connectivity index (χ4v) is 3.81. The number of nitrogens with zero attached hydrogens (tertiary/aromatic N) is 4. The Balaban J connectivity index is 1.85. The van der Waals surface area contributed by atoms with Gasteiger partial charge in [0, 0.05) is 43.2 Å². The summed E-state index contributed by atoms with van der Waals surface area (Å²) < 4.78 is 0. The summed E-state index contributed by atoms with van der Waals surface area (Å²) in [6.45, 7) is 9.17. The molecule has 0 aromatic carbocycles. The van der Waals surface area contributed by atoms with Gasteiger partial charge in [0.25, 0.3) is 0 Å². The van der Waals surface area contributed by atoms with Crippen molar-refractivity contribution >= 4 is 5.82 Å². The number of hydrogen-bond acceptors (Lipinski definition) is 4. The first kappa shape index (κ1) is 12.4. The Bertz CT molecular complexity index is 512. The highest BCUT2D eigenvalue weighted by molar-refractivity contribution is 5.45. The van der Waals surface area contributed by atoms with Crippen LogP contribution in [0.25, 0.3) is 0 Å². The predicted molar refractivity (Wildman–Crippen MR) is 74.9 cm³/mol. The van der Waals surface area contributed by atoms with Gasteiger partial charge in [0.05, 0.1) is 5.56 Å². The summed E-state index contributed by atoms with van der Waals surface area (Å²) in [5, 5.41) is 8.83. The van der Waals surface area contributed by atoms with Crippen molar-refractivity contribution in [3.63, 3.8) is 0 Å². The van der Waals surface area contributed by atoms with Crippen molar-refractivity contribution in [3.8, 4) is 6.07 Å². The molecular weight excluding hydrogens is 236 g/mol. The van der Waals surface area contributed by atoms with Crippen LogP contribution in [0.5, 0.6) is 0 Å². The SMILES string of the molecule is CN1C[C@@]2(C)CN(c3ccc(C#N)cn3)C[C@]2(C)C1. The summed E-state index contributed by atoms with van der Waals surface area (Å²) >= 11 is 0. The Morgan fingerprint density at radius 1 is 1.16 bits per heavy atom. The first-order valence-electron chi connectivity index (χ1n) is 6.75. The molecule has 0 amide bonds. The van der Waals surface area contributed by atoms with Crippen LogP contribution in [0, 0.1) is 22.2 Å². The second-order valence-corrected chi connectivity index (χ2v) is 6.67. The number of hydrogen-bond donors (Lipinski definition) is 0. The van der Waals surface area contributed by atoms with Gasteiger partial charge in [0.1, 0.15) is 11.9 Å². The van der Waals surface area contributed by atoms with Crippen molar-refractivity contribution in [1.29, 1.82) is 5.26 Å². The number of anilines is 1. The van der Waals surface area contributed by atoms with Crippen molar-refractivity contribution < 1.29 is 0 Å². The van der Waals surface area contributed by atoms with Crippen LogP contribution < -0.4 is 4.90 Å². The second kappa shape index (κ2) is 3.94. The van der Waals surface area contributed by atoms with Gasteiger partial charge in [0.15, 0.2) is 0 Å². The fraction of sp³-hybridized carbons (Fsp3) is 0.600. The van der Waals surface area contributed by atoms with Crippen LogP contribution in [0.1, 0.15) is 19.4 Å². The summed E-state index contributed by atoms with van der Waals surface area (Å²) in [6, 6.07) is 5.94. The van der Waals surface area contributed by atoms with Crippen LogP contribution in [-0.4, -0.2) is 43.1 Å². The van der Waals surface area contributed by atoms with E-state index >= 15 is 0 Å². The number of fused-ring (bicyclic) bond motifs is 1. The first-order valence-corrected chi connectivity index (χ1v) is 6.75. The molecule has 100 valence electrons. The van der Waals surface area contributed by atoms with Crippen molar-refractivity contribution in [2.75, 3.05) is 38.1 Å². The second-order valence-electron chi connectivity index (χ2n) is 6.67. The van der Waals surface area contributed by atoms with Crippen LogP contribution >= 0.6 is 0 Å². The third-order valence-electron chi connectivity index (χ3n) is 4.98. The Morgan fingerprint density at radius 2 is 1.79 bits per heavy atom. The summed E-state index contributed by atoms with van der Waals surface area (Å²) in [7, 11) is 2.21. The van der Waals surface area contributed by atoms with Gasteiger partial charge in [-0.15, -0.1) is 0 Å². The van der Waals surface area contributed by atoms with Crippen LogP contribution in [0.15, 0.2) is 18.3 Å². The first-order chi connectivity index (χ1) is 8.96. The highest BCUT2D eigenvalue weighted by Gasteiger charge is 2.56. The molecule has 4 heteroatoms. The van der Waals surface area contributed by atoms with E-state index in [-0.39, 0.29) is 0 Å². The van der Waals surface area contributed by atoms with Gasteiger partial charge in [-0.1, -0.05) is 13.8 Å². The molecule has 0 unspecified atom stereocenters. The predicted octanol–water partition coefficient (Wildman–Crippen LogP) is 1.73. The van der Waals surface area contributed by atoms with E-state index in [2.05, 4.69) is 41.7 Å². The van der Waals surface area contributed by atoms with Crippen molar-refractivity contribution in [2.45, 2.75) is 13.8 Å². The topological polar surface area (TPSA) is 43.2 Å². The number of nitriles is 1. The molecule has 19 heavy (non-hydrogen) atoms. The molecule has 0 N–H and O–H groups in total. The highest BCUT2D eigenvalue weighted by atomic mass is 15.3. The maximum atomic E-state index is 8.83. The summed E-state index contributed by atoms with van der Waals surface area (Å²) in [6.07, 6.45) is 1.67. The molecule has 2 aliphatic rings. The third-order valence-corrected chi connectivity index (χ3v) is 4.98. The van der Waals surface area contributed by atoms with Gasteiger partial charge in [-0.3, -0.25) is 0 Å². The molecule has 2 fully saturated rings. The maximum Gasteiger partial charge on any atom is 0.128 e. The van der Waals surface area contributed by atoms with Gasteiger partial charge < -0.3 is 9.80 Å². The molecule has 0 aliphatic carbocycles. The van der Waals surface area contributed by atoms with Crippen LogP contribution in [0.4, 0.5) is 5.82 Å². The van der Waals surface area contributed by atoms with Gasteiger partial charge in [-0.2, -0.15) is 5.26 Å². The average Bonchev–Trinajstić information content (AvgIpc) is 2.72. The Morgan fingerprint density at radius 3 is 2.26 bits per heavy atom. The lowest BCUT2D eigenvalue weighted by atomic mass is 9.71. The standard InChI is InChI=1S/C15H20N4/c1-14-8-18(3)9-15(14,2)11-19(10-14)13-5-4-12(6-16)7-17-13/h4-5,7H,8-11H2,1-3H3/t14-,15-/m0/s1. The smallest absolute Gasteiger partial charge is 0.128 e.